The summed E-state index contributed by atoms with van der Waals surface area (Å²) in [5, 5.41) is 17.6. The third-order valence-corrected chi connectivity index (χ3v) is 2.41. The lowest BCUT2D eigenvalue weighted by Crippen LogP contribution is -2.35. The second-order valence-electron chi connectivity index (χ2n) is 3.78. The molecular weight excluding hydrogens is 224 g/mol. The molecule has 0 aliphatic carbocycles. The van der Waals surface area contributed by atoms with Crippen LogP contribution in [0.1, 0.15) is 12.0 Å². The summed E-state index contributed by atoms with van der Waals surface area (Å²) in [6.07, 6.45) is 3.27. The molecule has 92 valence electrons. The monoisotopic (exact) mass is 238 g/mol. The normalized spacial score (nSPS) is 13.9. The van der Waals surface area contributed by atoms with Crippen LogP contribution in [0.4, 0.5) is 0 Å². The van der Waals surface area contributed by atoms with Gasteiger partial charge in [0.05, 0.1) is 5.92 Å². The van der Waals surface area contributed by atoms with Crippen molar-refractivity contribution in [1.29, 1.82) is 0 Å². The van der Waals surface area contributed by atoms with Crippen LogP contribution in [0.5, 0.6) is 0 Å². The molecule has 6 heteroatoms. The lowest BCUT2D eigenvalue weighted by Gasteiger charge is -2.14. The van der Waals surface area contributed by atoms with E-state index in [1.54, 1.807) is 24.5 Å². The Labute approximate surface area is 98.1 Å². The van der Waals surface area contributed by atoms with Gasteiger partial charge in [-0.15, -0.1) is 0 Å². The van der Waals surface area contributed by atoms with E-state index in [1.165, 1.54) is 0 Å². The molecular formula is C11H14N2O4. The Kier molecular flexibility index (Phi) is 4.59. The number of pyridine rings is 1. The number of carboxylic acids is 2. The van der Waals surface area contributed by atoms with E-state index in [-0.39, 0.29) is 12.8 Å². The van der Waals surface area contributed by atoms with Crippen molar-refractivity contribution in [2.45, 2.75) is 18.9 Å². The molecule has 0 bridgehead atoms. The summed E-state index contributed by atoms with van der Waals surface area (Å²) in [6, 6.07) is 2.29. The first kappa shape index (κ1) is 13.1. The van der Waals surface area contributed by atoms with Gasteiger partial charge in [0.1, 0.15) is 6.04 Å². The van der Waals surface area contributed by atoms with Crippen molar-refractivity contribution in [2.24, 2.45) is 11.7 Å². The van der Waals surface area contributed by atoms with Crippen LogP contribution < -0.4 is 5.73 Å². The van der Waals surface area contributed by atoms with Crippen molar-refractivity contribution in [3.63, 3.8) is 0 Å². The minimum atomic E-state index is -1.19. The van der Waals surface area contributed by atoms with E-state index in [1.807, 2.05) is 0 Å². The standard InChI is InChI=1S/C11H14N2O4/c12-9(11(16)17)5-8(10(14)15)4-7-2-1-3-13-6-7/h1-3,6,8-9H,4-5,12H2,(H,14,15)(H,16,17)/t8-,9-/m0/s1. The highest BCUT2D eigenvalue weighted by atomic mass is 16.4. The highest BCUT2D eigenvalue weighted by Gasteiger charge is 2.24. The zero-order valence-corrected chi connectivity index (χ0v) is 9.11. The maximum Gasteiger partial charge on any atom is 0.320 e. The number of nitrogens with two attached hydrogens (primary N) is 1. The van der Waals surface area contributed by atoms with Crippen molar-refractivity contribution in [1.82, 2.24) is 4.98 Å². The summed E-state index contributed by atoms with van der Waals surface area (Å²) in [7, 11) is 0. The van der Waals surface area contributed by atoms with Gasteiger partial charge in [-0.25, -0.2) is 0 Å². The molecule has 1 aromatic heterocycles. The van der Waals surface area contributed by atoms with Gasteiger partial charge in [-0.3, -0.25) is 14.6 Å². The first-order chi connectivity index (χ1) is 8.00. The molecule has 0 fully saturated rings. The molecule has 0 aromatic carbocycles. The quantitative estimate of drug-likeness (QED) is 0.649. The van der Waals surface area contributed by atoms with Gasteiger partial charge in [0.15, 0.2) is 0 Å². The van der Waals surface area contributed by atoms with E-state index in [0.717, 1.165) is 5.56 Å². The molecule has 0 amide bonds. The summed E-state index contributed by atoms with van der Waals surface area (Å²) >= 11 is 0. The van der Waals surface area contributed by atoms with E-state index in [4.69, 9.17) is 15.9 Å². The maximum atomic E-state index is 11.0. The average Bonchev–Trinajstić information content (AvgIpc) is 2.29. The first-order valence-corrected chi connectivity index (χ1v) is 5.10. The van der Waals surface area contributed by atoms with Gasteiger partial charge in [-0.2, -0.15) is 0 Å². The molecule has 1 aromatic rings. The topological polar surface area (TPSA) is 114 Å². The third kappa shape index (κ3) is 4.20. The van der Waals surface area contributed by atoms with Crippen LogP contribution in [-0.2, 0) is 16.0 Å². The minimum absolute atomic E-state index is 0.0977. The number of hydrogen-bond acceptors (Lipinski definition) is 4. The van der Waals surface area contributed by atoms with Crippen LogP contribution in [-0.4, -0.2) is 33.2 Å². The van der Waals surface area contributed by atoms with Crippen molar-refractivity contribution in [3.05, 3.63) is 30.1 Å². The maximum absolute atomic E-state index is 11.0. The summed E-state index contributed by atoms with van der Waals surface area (Å²) in [6.45, 7) is 0. The summed E-state index contributed by atoms with van der Waals surface area (Å²) in [5.41, 5.74) is 6.08. The third-order valence-electron chi connectivity index (χ3n) is 2.41. The Morgan fingerprint density at radius 3 is 2.53 bits per heavy atom. The highest BCUT2D eigenvalue weighted by Crippen LogP contribution is 2.13. The number of carboxylic acid groups (broad SMARTS) is 2. The van der Waals surface area contributed by atoms with Gasteiger partial charge in [-0.1, -0.05) is 6.07 Å². The predicted molar refractivity (Wildman–Crippen MR) is 59.3 cm³/mol. The Hall–Kier alpha value is -1.95. The summed E-state index contributed by atoms with van der Waals surface area (Å²) in [5.74, 6) is -3.06. The van der Waals surface area contributed by atoms with Crippen LogP contribution in [0, 0.1) is 5.92 Å². The van der Waals surface area contributed by atoms with Crippen LogP contribution >= 0.6 is 0 Å². The van der Waals surface area contributed by atoms with E-state index < -0.39 is 23.9 Å². The Bertz CT molecular complexity index is 394. The van der Waals surface area contributed by atoms with Gasteiger partial charge in [-0.05, 0) is 24.5 Å². The Morgan fingerprint density at radius 2 is 2.06 bits per heavy atom. The fourth-order valence-corrected chi connectivity index (χ4v) is 1.48. The lowest BCUT2D eigenvalue weighted by molar-refractivity contribution is -0.143. The first-order valence-electron chi connectivity index (χ1n) is 5.10. The van der Waals surface area contributed by atoms with E-state index in [2.05, 4.69) is 4.98 Å². The molecule has 0 saturated heterocycles. The molecule has 2 atom stereocenters. The molecule has 0 aliphatic heterocycles. The molecule has 1 rings (SSSR count). The molecule has 0 unspecified atom stereocenters. The molecule has 1 heterocycles. The highest BCUT2D eigenvalue weighted by molar-refractivity contribution is 5.76. The van der Waals surface area contributed by atoms with Gasteiger partial charge < -0.3 is 15.9 Å². The van der Waals surface area contributed by atoms with Crippen LogP contribution in [0.25, 0.3) is 0 Å². The Balaban J connectivity index is 2.67. The molecule has 17 heavy (non-hydrogen) atoms. The largest absolute Gasteiger partial charge is 0.481 e. The van der Waals surface area contributed by atoms with Crippen molar-refractivity contribution >= 4 is 11.9 Å². The minimum Gasteiger partial charge on any atom is -0.481 e. The number of aliphatic carboxylic acids is 2. The van der Waals surface area contributed by atoms with Crippen LogP contribution in [0.3, 0.4) is 0 Å². The molecule has 0 saturated carbocycles. The van der Waals surface area contributed by atoms with Crippen molar-refractivity contribution in [2.75, 3.05) is 0 Å². The van der Waals surface area contributed by atoms with Gasteiger partial charge in [0.2, 0.25) is 0 Å². The Morgan fingerprint density at radius 1 is 1.35 bits per heavy atom. The number of aromatic nitrogens is 1. The van der Waals surface area contributed by atoms with Crippen molar-refractivity contribution < 1.29 is 19.8 Å². The average molecular weight is 238 g/mol. The fraction of sp³-hybridized carbons (Fsp3) is 0.364. The second-order valence-corrected chi connectivity index (χ2v) is 3.78. The fourth-order valence-electron chi connectivity index (χ4n) is 1.48. The zero-order valence-electron chi connectivity index (χ0n) is 9.11. The van der Waals surface area contributed by atoms with E-state index >= 15 is 0 Å². The molecule has 6 nitrogen and oxygen atoms in total. The number of nitrogens with zero attached hydrogens (tertiary/aromatic N) is 1. The summed E-state index contributed by atoms with van der Waals surface area (Å²) < 4.78 is 0. The van der Waals surface area contributed by atoms with Gasteiger partial charge >= 0.3 is 11.9 Å². The van der Waals surface area contributed by atoms with Crippen LogP contribution in [0.2, 0.25) is 0 Å². The van der Waals surface area contributed by atoms with Gasteiger partial charge in [0.25, 0.3) is 0 Å². The zero-order chi connectivity index (χ0) is 12.8. The second kappa shape index (κ2) is 5.95. The number of carbonyl (C=O) groups is 2. The van der Waals surface area contributed by atoms with Crippen LogP contribution in [0.15, 0.2) is 24.5 Å². The van der Waals surface area contributed by atoms with Crippen molar-refractivity contribution in [3.8, 4) is 0 Å². The molecule has 0 aliphatic rings. The molecule has 0 spiro atoms. The molecule has 4 N–H and O–H groups in total. The van der Waals surface area contributed by atoms with E-state index in [9.17, 15) is 9.59 Å². The van der Waals surface area contributed by atoms with Gasteiger partial charge in [0, 0.05) is 12.4 Å². The smallest absolute Gasteiger partial charge is 0.320 e. The van der Waals surface area contributed by atoms with E-state index in [0.29, 0.717) is 0 Å². The lowest BCUT2D eigenvalue weighted by atomic mass is 9.94. The predicted octanol–water partition coefficient (Wildman–Crippen LogP) is 0.127. The summed E-state index contributed by atoms with van der Waals surface area (Å²) in [4.78, 5) is 25.4. The number of hydrogen-bond donors (Lipinski definition) is 3. The SMILES string of the molecule is N[C@@H](C[C@H](Cc1cccnc1)C(=O)O)C(=O)O. The molecule has 0 radical (unpaired) electrons. The number of rotatable bonds is 6.